The molecule has 1 saturated carbocycles. The number of rotatable bonds is 5. The van der Waals surface area contributed by atoms with Crippen LogP contribution in [-0.4, -0.2) is 55.1 Å². The monoisotopic (exact) mass is 483 g/mol. The number of nitrogens with one attached hydrogen (secondary N) is 2. The Morgan fingerprint density at radius 3 is 2.62 bits per heavy atom. The van der Waals surface area contributed by atoms with E-state index >= 15 is 0 Å². The Morgan fingerprint density at radius 2 is 1.91 bits per heavy atom. The van der Waals surface area contributed by atoms with E-state index in [-0.39, 0.29) is 12.1 Å². The number of hydrogen-bond acceptors (Lipinski definition) is 7. The highest BCUT2D eigenvalue weighted by molar-refractivity contribution is 6.32. The van der Waals surface area contributed by atoms with E-state index in [1.807, 2.05) is 45.3 Å². The van der Waals surface area contributed by atoms with Crippen molar-refractivity contribution >= 4 is 40.8 Å². The van der Waals surface area contributed by atoms with Gasteiger partial charge in [0.15, 0.2) is 5.82 Å². The first-order valence-electron chi connectivity index (χ1n) is 11.8. The summed E-state index contributed by atoms with van der Waals surface area (Å²) in [6.07, 6.45) is 9.36. The molecule has 3 aromatic rings. The molecule has 2 N–H and O–H groups in total. The number of carbonyl (C=O) groups excluding carboxylic acids is 1. The van der Waals surface area contributed by atoms with Crippen LogP contribution in [0.5, 0.6) is 0 Å². The van der Waals surface area contributed by atoms with Gasteiger partial charge in [-0.05, 0) is 52.5 Å². The molecule has 2 fully saturated rings. The van der Waals surface area contributed by atoms with Crippen molar-refractivity contribution in [2.45, 2.75) is 64.0 Å². The van der Waals surface area contributed by atoms with Gasteiger partial charge in [-0.15, -0.1) is 0 Å². The maximum atomic E-state index is 12.3. The van der Waals surface area contributed by atoms with Crippen LogP contribution in [0.15, 0.2) is 30.7 Å². The maximum Gasteiger partial charge on any atom is 0.410 e. The molecule has 2 aliphatic rings. The van der Waals surface area contributed by atoms with E-state index in [0.29, 0.717) is 35.8 Å². The normalized spacial score (nSPS) is 17.1. The van der Waals surface area contributed by atoms with Crippen LogP contribution in [0.25, 0.3) is 5.65 Å². The van der Waals surface area contributed by atoms with E-state index < -0.39 is 5.60 Å². The summed E-state index contributed by atoms with van der Waals surface area (Å²) in [4.78, 5) is 27.5. The van der Waals surface area contributed by atoms with E-state index in [9.17, 15) is 4.79 Å². The molecule has 1 saturated heterocycles. The minimum Gasteiger partial charge on any atom is -0.444 e. The minimum atomic E-state index is -0.494. The zero-order chi connectivity index (χ0) is 23.9. The number of carbonyl (C=O) groups is 1. The Balaban J connectivity index is 1.21. The first-order valence-corrected chi connectivity index (χ1v) is 12.1. The predicted molar refractivity (Wildman–Crippen MR) is 132 cm³/mol. The van der Waals surface area contributed by atoms with Gasteiger partial charge in [-0.1, -0.05) is 11.6 Å². The van der Waals surface area contributed by atoms with Crippen molar-refractivity contribution in [1.29, 1.82) is 0 Å². The smallest absolute Gasteiger partial charge is 0.410 e. The number of amides is 1. The third kappa shape index (κ3) is 5.19. The summed E-state index contributed by atoms with van der Waals surface area (Å²) in [5.74, 6) is 1.67. The summed E-state index contributed by atoms with van der Waals surface area (Å²) in [7, 11) is 0. The zero-order valence-electron chi connectivity index (χ0n) is 19.7. The van der Waals surface area contributed by atoms with Gasteiger partial charge in [-0.3, -0.25) is 0 Å². The van der Waals surface area contributed by atoms with Crippen LogP contribution in [0.3, 0.4) is 0 Å². The quantitative estimate of drug-likeness (QED) is 0.514. The molecule has 0 spiro atoms. The second-order valence-corrected chi connectivity index (χ2v) is 10.4. The molecule has 9 nitrogen and oxygen atoms in total. The third-order valence-corrected chi connectivity index (χ3v) is 6.30. The van der Waals surface area contributed by atoms with Crippen LogP contribution in [0.4, 0.5) is 22.2 Å². The van der Waals surface area contributed by atoms with Gasteiger partial charge >= 0.3 is 6.09 Å². The SMILES string of the molecule is CC(C)(C)OC(=O)N1CCC(Nc2nc(Nc3ccn4c(C5CC5)cnc4c3)ncc2Cl)CC1. The Hall–Kier alpha value is -3.07. The lowest BCUT2D eigenvalue weighted by molar-refractivity contribution is 0.0210. The molecule has 5 rings (SSSR count). The molecular weight excluding hydrogens is 454 g/mol. The van der Waals surface area contributed by atoms with Crippen molar-refractivity contribution in [3.63, 3.8) is 0 Å². The van der Waals surface area contributed by atoms with Crippen LogP contribution in [-0.2, 0) is 4.74 Å². The molecule has 3 aromatic heterocycles. The topological polar surface area (TPSA) is 96.7 Å². The van der Waals surface area contributed by atoms with Gasteiger partial charge in [0, 0.05) is 54.9 Å². The fourth-order valence-electron chi connectivity index (χ4n) is 4.14. The van der Waals surface area contributed by atoms with Gasteiger partial charge in [0.25, 0.3) is 0 Å². The first kappa shape index (κ1) is 22.7. The molecule has 0 atom stereocenters. The fraction of sp³-hybridized carbons (Fsp3) is 0.500. The van der Waals surface area contributed by atoms with Gasteiger partial charge < -0.3 is 24.7 Å². The van der Waals surface area contributed by atoms with Crippen LogP contribution < -0.4 is 10.6 Å². The lowest BCUT2D eigenvalue weighted by atomic mass is 10.1. The Kier molecular flexibility index (Phi) is 5.97. The number of imidazole rings is 1. The Bertz CT molecular complexity index is 1190. The standard InChI is InChI=1S/C24H30ClN7O2/c1-24(2,3)34-23(33)31-9-6-16(7-10-31)28-21-18(25)13-27-22(30-21)29-17-8-11-32-19(15-4-5-15)14-26-20(32)12-17/h8,11-16H,4-7,9-10H2,1-3H3,(H2,27,28,29,30). The second kappa shape index (κ2) is 8.94. The Morgan fingerprint density at radius 1 is 1.15 bits per heavy atom. The predicted octanol–water partition coefficient (Wildman–Crippen LogP) is 5.21. The van der Waals surface area contributed by atoms with Gasteiger partial charge in [-0.2, -0.15) is 4.98 Å². The summed E-state index contributed by atoms with van der Waals surface area (Å²) in [5, 5.41) is 7.13. The van der Waals surface area contributed by atoms with Crippen molar-refractivity contribution < 1.29 is 9.53 Å². The highest BCUT2D eigenvalue weighted by Crippen LogP contribution is 2.40. The number of fused-ring (bicyclic) bond motifs is 1. The van der Waals surface area contributed by atoms with E-state index in [1.165, 1.54) is 18.5 Å². The summed E-state index contributed by atoms with van der Waals surface area (Å²) in [6.45, 7) is 6.86. The summed E-state index contributed by atoms with van der Waals surface area (Å²) in [6, 6.07) is 4.14. The van der Waals surface area contributed by atoms with Crippen LogP contribution in [0.2, 0.25) is 5.02 Å². The fourth-order valence-corrected chi connectivity index (χ4v) is 4.29. The lowest BCUT2D eigenvalue weighted by Crippen LogP contribution is -2.44. The molecular formula is C24H30ClN7O2. The van der Waals surface area contributed by atoms with Gasteiger partial charge in [0.05, 0.1) is 6.20 Å². The lowest BCUT2D eigenvalue weighted by Gasteiger charge is -2.34. The highest BCUT2D eigenvalue weighted by atomic mass is 35.5. The van der Waals surface area contributed by atoms with Gasteiger partial charge in [-0.25, -0.2) is 14.8 Å². The van der Waals surface area contributed by atoms with Crippen molar-refractivity contribution in [1.82, 2.24) is 24.3 Å². The molecule has 0 bridgehead atoms. The average Bonchev–Trinajstić information content (AvgIpc) is 3.54. The summed E-state index contributed by atoms with van der Waals surface area (Å²) in [5.41, 5.74) is 2.54. The first-order chi connectivity index (χ1) is 16.2. The van der Waals surface area contributed by atoms with Crippen molar-refractivity contribution in [3.05, 3.63) is 41.4 Å². The highest BCUT2D eigenvalue weighted by Gasteiger charge is 2.28. The number of halogens is 1. The molecule has 10 heteroatoms. The van der Waals surface area contributed by atoms with Crippen LogP contribution in [0, 0.1) is 0 Å². The van der Waals surface area contributed by atoms with Gasteiger partial charge in [0.1, 0.15) is 16.3 Å². The number of piperidine rings is 1. The maximum absolute atomic E-state index is 12.3. The third-order valence-electron chi connectivity index (χ3n) is 6.03. The van der Waals surface area contributed by atoms with Crippen LogP contribution >= 0.6 is 11.6 Å². The number of pyridine rings is 1. The molecule has 0 unspecified atom stereocenters. The summed E-state index contributed by atoms with van der Waals surface area (Å²) < 4.78 is 7.62. The van der Waals surface area contributed by atoms with Gasteiger partial charge in [0.2, 0.25) is 5.95 Å². The molecule has 1 aliphatic carbocycles. The number of likely N-dealkylation sites (tertiary alicyclic amines) is 1. The number of nitrogens with zero attached hydrogens (tertiary/aromatic N) is 5. The zero-order valence-corrected chi connectivity index (χ0v) is 20.5. The number of hydrogen-bond donors (Lipinski definition) is 2. The molecule has 180 valence electrons. The van der Waals surface area contributed by atoms with Crippen LogP contribution in [0.1, 0.15) is 58.1 Å². The number of anilines is 3. The molecule has 0 radical (unpaired) electrons. The van der Waals surface area contributed by atoms with E-state index in [2.05, 4.69) is 30.0 Å². The molecule has 1 amide bonds. The molecule has 0 aromatic carbocycles. The minimum absolute atomic E-state index is 0.154. The van der Waals surface area contributed by atoms with E-state index in [4.69, 9.17) is 16.3 Å². The number of aromatic nitrogens is 4. The second-order valence-electron chi connectivity index (χ2n) is 10.0. The summed E-state index contributed by atoms with van der Waals surface area (Å²) >= 11 is 6.37. The molecule has 1 aliphatic heterocycles. The van der Waals surface area contributed by atoms with Crippen molar-refractivity contribution in [2.75, 3.05) is 23.7 Å². The number of ether oxygens (including phenoxy) is 1. The van der Waals surface area contributed by atoms with E-state index in [0.717, 1.165) is 24.2 Å². The molecule has 34 heavy (non-hydrogen) atoms. The average molecular weight is 484 g/mol. The molecule has 4 heterocycles. The van der Waals surface area contributed by atoms with Crippen molar-refractivity contribution in [2.24, 2.45) is 0 Å². The largest absolute Gasteiger partial charge is 0.444 e. The van der Waals surface area contributed by atoms with E-state index in [1.54, 1.807) is 11.1 Å². The van der Waals surface area contributed by atoms with Crippen molar-refractivity contribution in [3.8, 4) is 0 Å². The Labute approximate surface area is 203 Å².